The number of methoxy groups -OCH3 is 2. The molecule has 0 N–H and O–H groups in total. The molecule has 0 saturated heterocycles. The van der Waals surface area contributed by atoms with Gasteiger partial charge in [-0.2, -0.15) is 0 Å². The highest BCUT2D eigenvalue weighted by molar-refractivity contribution is 5.90. The maximum atomic E-state index is 11.8. The van der Waals surface area contributed by atoms with E-state index in [-0.39, 0.29) is 24.4 Å². The van der Waals surface area contributed by atoms with Crippen molar-refractivity contribution < 1.29 is 28.5 Å². The average molecular weight is 406 g/mol. The summed E-state index contributed by atoms with van der Waals surface area (Å²) in [6.07, 6.45) is 0. The van der Waals surface area contributed by atoms with E-state index in [0.29, 0.717) is 11.5 Å². The highest BCUT2D eigenvalue weighted by Crippen LogP contribution is 2.15. The summed E-state index contributed by atoms with van der Waals surface area (Å²) < 4.78 is 20.1. The van der Waals surface area contributed by atoms with Gasteiger partial charge < -0.3 is 18.9 Å². The van der Waals surface area contributed by atoms with Crippen molar-refractivity contribution in [3.05, 3.63) is 84.0 Å². The molecule has 2 aromatic carbocycles. The molecule has 0 saturated carbocycles. The van der Waals surface area contributed by atoms with E-state index in [1.807, 2.05) is 0 Å². The molecule has 0 fully saturated rings. The number of hydrogen-bond acceptors (Lipinski definition) is 6. The van der Waals surface area contributed by atoms with E-state index in [2.05, 4.69) is 25.0 Å². The second-order valence-corrected chi connectivity index (χ2v) is 6.15. The van der Waals surface area contributed by atoms with Gasteiger partial charge in [0, 0.05) is 25.3 Å². The van der Waals surface area contributed by atoms with Crippen molar-refractivity contribution >= 4 is 11.9 Å². The topological polar surface area (TPSA) is 71.1 Å². The Morgan fingerprint density at radius 1 is 0.700 bits per heavy atom. The summed E-state index contributed by atoms with van der Waals surface area (Å²) in [5.41, 5.74) is 1.96. The lowest BCUT2D eigenvalue weighted by Crippen LogP contribution is -2.13. The smallest absolute Gasteiger partial charge is 0.341 e. The van der Waals surface area contributed by atoms with Crippen molar-refractivity contribution in [1.82, 2.24) is 0 Å². The molecule has 0 aliphatic rings. The SMILES string of the molecule is C=C(COC)C(=O)Oc1ccc(C#Cc2ccc(OC(=O)C(=C)COC)cc2)cc1. The Hall–Kier alpha value is -3.66. The van der Waals surface area contributed by atoms with Gasteiger partial charge in [-0.1, -0.05) is 25.0 Å². The summed E-state index contributed by atoms with van der Waals surface area (Å²) >= 11 is 0. The molecule has 30 heavy (non-hydrogen) atoms. The molecule has 0 unspecified atom stereocenters. The van der Waals surface area contributed by atoms with Crippen molar-refractivity contribution in [2.75, 3.05) is 27.4 Å². The van der Waals surface area contributed by atoms with Crippen LogP contribution in [0.4, 0.5) is 0 Å². The summed E-state index contributed by atoms with van der Waals surface area (Å²) in [6, 6.07) is 13.6. The Kier molecular flexibility index (Phi) is 8.57. The minimum Gasteiger partial charge on any atom is -0.423 e. The Morgan fingerprint density at radius 2 is 1.03 bits per heavy atom. The van der Waals surface area contributed by atoms with Crippen molar-refractivity contribution in [2.45, 2.75) is 0 Å². The molecule has 154 valence electrons. The lowest BCUT2D eigenvalue weighted by Gasteiger charge is -2.06. The van der Waals surface area contributed by atoms with Crippen LogP contribution in [0.2, 0.25) is 0 Å². The summed E-state index contributed by atoms with van der Waals surface area (Å²) in [5, 5.41) is 0. The van der Waals surface area contributed by atoms with Crippen LogP contribution in [0.15, 0.2) is 72.8 Å². The quantitative estimate of drug-likeness (QED) is 0.290. The number of rotatable bonds is 8. The zero-order chi connectivity index (χ0) is 21.9. The number of ether oxygens (including phenoxy) is 4. The molecule has 0 heterocycles. The van der Waals surface area contributed by atoms with Gasteiger partial charge in [-0.15, -0.1) is 0 Å². The molecule has 2 aromatic rings. The first kappa shape index (κ1) is 22.6. The summed E-state index contributed by atoms with van der Waals surface area (Å²) in [6.45, 7) is 7.43. The zero-order valence-electron chi connectivity index (χ0n) is 16.9. The lowest BCUT2D eigenvalue weighted by atomic mass is 10.1. The highest BCUT2D eigenvalue weighted by atomic mass is 16.5. The minimum atomic E-state index is -0.540. The van der Waals surface area contributed by atoms with Gasteiger partial charge in [-0.3, -0.25) is 0 Å². The Bertz CT molecular complexity index is 896. The summed E-state index contributed by atoms with van der Waals surface area (Å²) in [5.74, 6) is 5.73. The third kappa shape index (κ3) is 7.06. The Morgan fingerprint density at radius 3 is 1.33 bits per heavy atom. The second-order valence-electron chi connectivity index (χ2n) is 6.15. The maximum absolute atomic E-state index is 11.8. The Balaban J connectivity index is 1.96. The number of carbonyl (C=O) groups excluding carboxylic acids is 2. The monoisotopic (exact) mass is 406 g/mol. The van der Waals surface area contributed by atoms with E-state index in [1.54, 1.807) is 48.5 Å². The fraction of sp³-hybridized carbons (Fsp3) is 0.167. The van der Waals surface area contributed by atoms with E-state index < -0.39 is 11.9 Å². The normalized spacial score (nSPS) is 9.80. The third-order valence-electron chi connectivity index (χ3n) is 3.70. The molecule has 0 atom stereocenters. The van der Waals surface area contributed by atoms with E-state index in [1.165, 1.54) is 14.2 Å². The first-order chi connectivity index (χ1) is 14.4. The van der Waals surface area contributed by atoms with Crippen LogP contribution in [-0.2, 0) is 19.1 Å². The molecule has 0 bridgehead atoms. The standard InChI is InChI=1S/C24H22O6/c1-17(15-27-3)23(25)29-21-11-7-19(8-12-21)5-6-20-9-13-22(14-10-20)30-24(26)18(2)16-28-4/h7-14H,1-2,15-16H2,3-4H3. The van der Waals surface area contributed by atoms with Crippen LogP contribution in [0.25, 0.3) is 0 Å². The number of hydrogen-bond donors (Lipinski definition) is 0. The van der Waals surface area contributed by atoms with E-state index in [0.717, 1.165) is 11.1 Å². The van der Waals surface area contributed by atoms with Crippen LogP contribution in [0.3, 0.4) is 0 Å². The van der Waals surface area contributed by atoms with E-state index >= 15 is 0 Å². The molecule has 0 aromatic heterocycles. The fourth-order valence-corrected chi connectivity index (χ4v) is 2.18. The van der Waals surface area contributed by atoms with Gasteiger partial charge in [0.25, 0.3) is 0 Å². The Labute approximate surface area is 175 Å². The van der Waals surface area contributed by atoms with E-state index in [9.17, 15) is 9.59 Å². The van der Waals surface area contributed by atoms with Gasteiger partial charge in [0.05, 0.1) is 24.4 Å². The van der Waals surface area contributed by atoms with Crippen molar-refractivity contribution in [2.24, 2.45) is 0 Å². The van der Waals surface area contributed by atoms with Crippen LogP contribution in [0.5, 0.6) is 11.5 Å². The van der Waals surface area contributed by atoms with Crippen LogP contribution in [-0.4, -0.2) is 39.4 Å². The molecule has 0 spiro atoms. The van der Waals surface area contributed by atoms with Crippen molar-refractivity contribution in [3.63, 3.8) is 0 Å². The largest absolute Gasteiger partial charge is 0.423 e. The van der Waals surface area contributed by atoms with Gasteiger partial charge in [-0.05, 0) is 48.5 Å². The summed E-state index contributed by atoms with van der Waals surface area (Å²) in [4.78, 5) is 23.6. The van der Waals surface area contributed by atoms with Gasteiger partial charge in [-0.25, -0.2) is 9.59 Å². The molecule has 0 aliphatic carbocycles. The molecule has 0 radical (unpaired) electrons. The highest BCUT2D eigenvalue weighted by Gasteiger charge is 2.10. The summed E-state index contributed by atoms with van der Waals surface area (Å²) in [7, 11) is 2.96. The van der Waals surface area contributed by atoms with Gasteiger partial charge >= 0.3 is 11.9 Å². The van der Waals surface area contributed by atoms with Gasteiger partial charge in [0.2, 0.25) is 0 Å². The van der Waals surface area contributed by atoms with Gasteiger partial charge in [0.1, 0.15) is 11.5 Å². The molecular formula is C24H22O6. The molecule has 6 nitrogen and oxygen atoms in total. The molecule has 2 rings (SSSR count). The van der Waals surface area contributed by atoms with Crippen LogP contribution < -0.4 is 9.47 Å². The number of esters is 2. The second kappa shape index (κ2) is 11.4. The zero-order valence-corrected chi connectivity index (χ0v) is 16.9. The van der Waals surface area contributed by atoms with Crippen molar-refractivity contribution in [3.8, 4) is 23.3 Å². The van der Waals surface area contributed by atoms with Crippen molar-refractivity contribution in [1.29, 1.82) is 0 Å². The molecular weight excluding hydrogens is 384 g/mol. The van der Waals surface area contributed by atoms with E-state index in [4.69, 9.17) is 18.9 Å². The first-order valence-corrected chi connectivity index (χ1v) is 8.93. The first-order valence-electron chi connectivity index (χ1n) is 8.93. The lowest BCUT2D eigenvalue weighted by molar-refractivity contribution is -0.131. The molecule has 6 heteroatoms. The minimum absolute atomic E-state index is 0.113. The molecule has 0 aliphatic heterocycles. The average Bonchev–Trinajstić information content (AvgIpc) is 2.74. The predicted molar refractivity (Wildman–Crippen MR) is 112 cm³/mol. The number of benzene rings is 2. The fourth-order valence-electron chi connectivity index (χ4n) is 2.18. The van der Waals surface area contributed by atoms with Gasteiger partial charge in [0.15, 0.2) is 0 Å². The number of carbonyl (C=O) groups is 2. The third-order valence-corrected chi connectivity index (χ3v) is 3.70. The van der Waals surface area contributed by atoms with Crippen LogP contribution in [0.1, 0.15) is 11.1 Å². The van der Waals surface area contributed by atoms with Crippen LogP contribution >= 0.6 is 0 Å². The predicted octanol–water partition coefficient (Wildman–Crippen LogP) is 3.30. The maximum Gasteiger partial charge on any atom is 0.341 e. The van der Waals surface area contributed by atoms with Crippen LogP contribution in [0, 0.1) is 11.8 Å². The molecule has 0 amide bonds.